The molecule has 2 aromatic rings. The lowest BCUT2D eigenvalue weighted by atomic mass is 10.1. The minimum absolute atomic E-state index is 0.103. The first-order chi connectivity index (χ1) is 11.4. The highest BCUT2D eigenvalue weighted by Gasteiger charge is 2.34. The molecule has 0 spiro atoms. The molecule has 2 aromatic carbocycles. The summed E-state index contributed by atoms with van der Waals surface area (Å²) in [6.45, 7) is 0.490. The van der Waals surface area contributed by atoms with Crippen LogP contribution in [0, 0.1) is 0 Å². The van der Waals surface area contributed by atoms with Gasteiger partial charge in [0, 0.05) is 18.8 Å². The van der Waals surface area contributed by atoms with Crippen molar-refractivity contribution in [3.63, 3.8) is 0 Å². The number of sulfone groups is 1. The van der Waals surface area contributed by atoms with Gasteiger partial charge in [0.25, 0.3) is 5.91 Å². The smallest absolute Gasteiger partial charge is 0.255 e. The molecular formula is C18H18ClNO3S. The summed E-state index contributed by atoms with van der Waals surface area (Å²) in [5.41, 5.74) is 1.27. The van der Waals surface area contributed by atoms with E-state index in [-0.39, 0.29) is 27.4 Å². The van der Waals surface area contributed by atoms with E-state index in [9.17, 15) is 13.2 Å². The number of benzene rings is 2. The largest absolute Gasteiger partial charge is 0.331 e. The van der Waals surface area contributed by atoms with Crippen molar-refractivity contribution < 1.29 is 13.2 Å². The summed E-state index contributed by atoms with van der Waals surface area (Å²) in [5.74, 6) is -0.225. The van der Waals surface area contributed by atoms with Crippen LogP contribution in [0.3, 0.4) is 0 Å². The van der Waals surface area contributed by atoms with Crippen LogP contribution in [0.2, 0.25) is 5.02 Å². The van der Waals surface area contributed by atoms with Crippen molar-refractivity contribution in [1.29, 1.82) is 0 Å². The fraction of sp³-hybridized carbons (Fsp3) is 0.278. The van der Waals surface area contributed by atoms with Crippen LogP contribution in [-0.4, -0.2) is 31.5 Å². The second-order valence-electron chi connectivity index (χ2n) is 6.06. The van der Waals surface area contributed by atoms with E-state index in [0.717, 1.165) is 24.7 Å². The third-order valence-corrected chi connectivity index (χ3v) is 5.48. The lowest BCUT2D eigenvalue weighted by molar-refractivity contribution is 0.0730. The van der Waals surface area contributed by atoms with E-state index in [1.54, 1.807) is 4.90 Å². The van der Waals surface area contributed by atoms with Gasteiger partial charge in [0.15, 0.2) is 9.84 Å². The van der Waals surface area contributed by atoms with E-state index in [0.29, 0.717) is 6.54 Å². The van der Waals surface area contributed by atoms with Crippen LogP contribution >= 0.6 is 11.6 Å². The molecule has 6 heteroatoms. The monoisotopic (exact) mass is 363 g/mol. The molecule has 126 valence electrons. The molecule has 0 heterocycles. The number of carbonyl (C=O) groups is 1. The van der Waals surface area contributed by atoms with Crippen LogP contribution in [-0.2, 0) is 16.4 Å². The fourth-order valence-corrected chi connectivity index (χ4v) is 3.43. The summed E-state index contributed by atoms with van der Waals surface area (Å²) in [5, 5.41) is 0.270. The Kier molecular flexibility index (Phi) is 4.65. The highest BCUT2D eigenvalue weighted by molar-refractivity contribution is 7.90. The minimum Gasteiger partial charge on any atom is -0.331 e. The van der Waals surface area contributed by atoms with Gasteiger partial charge in [0.05, 0.1) is 15.5 Å². The zero-order valence-corrected chi connectivity index (χ0v) is 14.8. The van der Waals surface area contributed by atoms with Crippen LogP contribution in [0.15, 0.2) is 53.4 Å². The van der Waals surface area contributed by atoms with Gasteiger partial charge in [-0.1, -0.05) is 41.9 Å². The normalized spacial score (nSPS) is 14.4. The zero-order chi connectivity index (χ0) is 17.3. The highest BCUT2D eigenvalue weighted by Crippen LogP contribution is 2.32. The molecule has 0 aliphatic heterocycles. The van der Waals surface area contributed by atoms with Crippen molar-refractivity contribution in [2.75, 3.05) is 6.26 Å². The maximum Gasteiger partial charge on any atom is 0.255 e. The lowest BCUT2D eigenvalue weighted by Crippen LogP contribution is -2.32. The van der Waals surface area contributed by atoms with Crippen molar-refractivity contribution >= 4 is 27.3 Å². The van der Waals surface area contributed by atoms with E-state index in [1.165, 1.54) is 18.2 Å². The maximum atomic E-state index is 13.0. The Bertz CT molecular complexity index is 861. The molecule has 0 saturated heterocycles. The summed E-state index contributed by atoms with van der Waals surface area (Å²) >= 11 is 6.17. The van der Waals surface area contributed by atoms with Crippen molar-refractivity contribution in [3.05, 3.63) is 64.7 Å². The summed E-state index contributed by atoms with van der Waals surface area (Å²) in [6.07, 6.45) is 3.04. The average Bonchev–Trinajstić information content (AvgIpc) is 3.37. The third-order valence-electron chi connectivity index (χ3n) is 4.04. The Morgan fingerprint density at radius 3 is 2.42 bits per heavy atom. The van der Waals surface area contributed by atoms with Crippen LogP contribution in [0.1, 0.15) is 28.8 Å². The van der Waals surface area contributed by atoms with Gasteiger partial charge >= 0.3 is 0 Å². The molecule has 3 rings (SSSR count). The zero-order valence-electron chi connectivity index (χ0n) is 13.3. The van der Waals surface area contributed by atoms with Crippen molar-refractivity contribution in [1.82, 2.24) is 4.90 Å². The number of carbonyl (C=O) groups excluding carboxylic acids is 1. The Balaban J connectivity index is 1.93. The molecule has 0 unspecified atom stereocenters. The van der Waals surface area contributed by atoms with E-state index in [1.807, 2.05) is 30.3 Å². The number of nitrogens with zero attached hydrogens (tertiary/aromatic N) is 1. The molecule has 1 fully saturated rings. The summed E-state index contributed by atoms with van der Waals surface area (Å²) in [6, 6.07) is 14.2. The minimum atomic E-state index is -3.39. The van der Waals surface area contributed by atoms with Gasteiger partial charge < -0.3 is 4.90 Å². The van der Waals surface area contributed by atoms with Gasteiger partial charge in [0.1, 0.15) is 0 Å². The first-order valence-electron chi connectivity index (χ1n) is 7.71. The van der Waals surface area contributed by atoms with Crippen molar-refractivity contribution in [2.45, 2.75) is 30.3 Å². The molecule has 0 radical (unpaired) electrons. The number of rotatable bonds is 5. The third kappa shape index (κ3) is 3.79. The van der Waals surface area contributed by atoms with Crippen LogP contribution in [0.4, 0.5) is 0 Å². The van der Waals surface area contributed by atoms with E-state index in [2.05, 4.69) is 0 Å². The number of hydrogen-bond acceptors (Lipinski definition) is 3. The molecule has 0 atom stereocenters. The topological polar surface area (TPSA) is 54.5 Å². The van der Waals surface area contributed by atoms with Crippen molar-refractivity contribution in [3.8, 4) is 0 Å². The first-order valence-corrected chi connectivity index (χ1v) is 9.97. The summed E-state index contributed by atoms with van der Waals surface area (Å²) < 4.78 is 23.5. The van der Waals surface area contributed by atoms with Gasteiger partial charge in [-0.2, -0.15) is 0 Å². The van der Waals surface area contributed by atoms with Crippen LogP contribution < -0.4 is 0 Å². The predicted molar refractivity (Wildman–Crippen MR) is 93.9 cm³/mol. The Hall–Kier alpha value is -1.85. The molecule has 1 saturated carbocycles. The molecule has 1 aliphatic rings. The SMILES string of the molecule is CS(=O)(=O)c1ccc(Cl)c(C(=O)N(Cc2ccccc2)C2CC2)c1. The molecule has 24 heavy (non-hydrogen) atoms. The Labute approximate surface area is 147 Å². The first kappa shape index (κ1) is 17.0. The van der Waals surface area contributed by atoms with E-state index in [4.69, 9.17) is 11.6 Å². The Morgan fingerprint density at radius 1 is 1.17 bits per heavy atom. The van der Waals surface area contributed by atoms with Gasteiger partial charge in [0.2, 0.25) is 0 Å². The Morgan fingerprint density at radius 2 is 1.83 bits per heavy atom. The van der Waals surface area contributed by atoms with Crippen LogP contribution in [0.5, 0.6) is 0 Å². The standard InChI is InChI=1S/C18H18ClNO3S/c1-24(22,23)15-9-10-17(19)16(11-15)18(21)20(14-7-8-14)12-13-5-3-2-4-6-13/h2-6,9-11,14H,7-8,12H2,1H3. The molecule has 1 aliphatic carbocycles. The van der Waals surface area contributed by atoms with Crippen molar-refractivity contribution in [2.24, 2.45) is 0 Å². The van der Waals surface area contributed by atoms with Gasteiger partial charge in [-0.3, -0.25) is 4.79 Å². The van der Waals surface area contributed by atoms with Gasteiger partial charge in [-0.05, 0) is 36.6 Å². The quantitative estimate of drug-likeness (QED) is 0.816. The predicted octanol–water partition coefficient (Wildman–Crippen LogP) is 3.55. The molecular weight excluding hydrogens is 346 g/mol. The average molecular weight is 364 g/mol. The fourth-order valence-electron chi connectivity index (χ4n) is 2.59. The number of hydrogen-bond donors (Lipinski definition) is 0. The molecule has 0 aromatic heterocycles. The maximum absolute atomic E-state index is 13.0. The summed E-state index contributed by atoms with van der Waals surface area (Å²) in [4.78, 5) is 14.9. The van der Waals surface area contributed by atoms with E-state index < -0.39 is 9.84 Å². The number of halogens is 1. The molecule has 4 nitrogen and oxygen atoms in total. The number of amides is 1. The van der Waals surface area contributed by atoms with Gasteiger partial charge in [-0.15, -0.1) is 0 Å². The summed E-state index contributed by atoms with van der Waals surface area (Å²) in [7, 11) is -3.39. The molecule has 0 N–H and O–H groups in total. The van der Waals surface area contributed by atoms with Gasteiger partial charge in [-0.25, -0.2) is 8.42 Å². The lowest BCUT2D eigenvalue weighted by Gasteiger charge is -2.23. The molecule has 1 amide bonds. The van der Waals surface area contributed by atoms with E-state index >= 15 is 0 Å². The second-order valence-corrected chi connectivity index (χ2v) is 8.49. The second kappa shape index (κ2) is 6.57. The molecule has 0 bridgehead atoms. The highest BCUT2D eigenvalue weighted by atomic mass is 35.5. The van der Waals surface area contributed by atoms with Crippen LogP contribution in [0.25, 0.3) is 0 Å².